The maximum absolute atomic E-state index is 12.8. The number of para-hydroxylation sites is 1. The fourth-order valence-electron chi connectivity index (χ4n) is 2.60. The Balaban J connectivity index is 1.82. The number of carbonyl (C=O) groups is 1. The number of nitrogens with one attached hydrogen (secondary N) is 1. The van der Waals surface area contributed by atoms with Crippen LogP contribution in [0, 0.1) is 11.8 Å². The quantitative estimate of drug-likeness (QED) is 0.624. The summed E-state index contributed by atoms with van der Waals surface area (Å²) in [6.45, 7) is -3.09. The highest BCUT2D eigenvalue weighted by molar-refractivity contribution is 6.06. The summed E-state index contributed by atoms with van der Waals surface area (Å²) in [4.78, 5) is 12.6. The van der Waals surface area contributed by atoms with E-state index in [1.54, 1.807) is 18.2 Å². The summed E-state index contributed by atoms with van der Waals surface area (Å²) in [7, 11) is 1.31. The number of hydrogen-bond acceptors (Lipinski definition) is 3. The van der Waals surface area contributed by atoms with Crippen molar-refractivity contribution in [3.05, 3.63) is 89.5 Å². The molecule has 6 heteroatoms. The van der Waals surface area contributed by atoms with Crippen molar-refractivity contribution in [3.8, 4) is 23.3 Å². The Kier molecular flexibility index (Phi) is 6.43. The molecule has 3 aromatic carbocycles. The second-order valence-electron chi connectivity index (χ2n) is 5.87. The highest BCUT2D eigenvalue weighted by atomic mass is 19.3. The fraction of sp³-hybridized carbons (Fsp3) is 0.0870. The van der Waals surface area contributed by atoms with Crippen molar-refractivity contribution in [1.82, 2.24) is 0 Å². The normalized spacial score (nSPS) is 10.1. The number of halogens is 2. The first-order chi connectivity index (χ1) is 14.1. The summed E-state index contributed by atoms with van der Waals surface area (Å²) in [6.07, 6.45) is 0. The van der Waals surface area contributed by atoms with Crippen LogP contribution in [0.1, 0.15) is 21.5 Å². The predicted octanol–water partition coefficient (Wildman–Crippen LogP) is 4.95. The van der Waals surface area contributed by atoms with E-state index in [0.717, 1.165) is 5.56 Å². The van der Waals surface area contributed by atoms with E-state index >= 15 is 0 Å². The van der Waals surface area contributed by atoms with Crippen LogP contribution in [0.25, 0.3) is 0 Å². The van der Waals surface area contributed by atoms with Crippen molar-refractivity contribution in [2.24, 2.45) is 0 Å². The van der Waals surface area contributed by atoms with Gasteiger partial charge >= 0.3 is 6.61 Å². The van der Waals surface area contributed by atoms with Crippen molar-refractivity contribution in [2.75, 3.05) is 12.4 Å². The number of carbonyl (C=O) groups excluding carboxylic acids is 1. The van der Waals surface area contributed by atoms with E-state index in [1.807, 2.05) is 36.4 Å². The maximum atomic E-state index is 12.8. The molecule has 1 amide bonds. The number of alkyl halides is 2. The van der Waals surface area contributed by atoms with E-state index in [-0.39, 0.29) is 17.1 Å². The molecular weight excluding hydrogens is 376 g/mol. The average molecular weight is 393 g/mol. The van der Waals surface area contributed by atoms with E-state index in [9.17, 15) is 13.6 Å². The summed E-state index contributed by atoms with van der Waals surface area (Å²) in [5.74, 6) is 5.18. The van der Waals surface area contributed by atoms with Crippen LogP contribution in [0.5, 0.6) is 11.5 Å². The number of ether oxygens (including phenoxy) is 2. The molecule has 0 fully saturated rings. The first-order valence-electron chi connectivity index (χ1n) is 8.67. The van der Waals surface area contributed by atoms with E-state index in [1.165, 1.54) is 25.3 Å². The summed E-state index contributed by atoms with van der Waals surface area (Å²) in [6, 6.07) is 20.8. The summed E-state index contributed by atoms with van der Waals surface area (Å²) < 4.78 is 35.0. The Morgan fingerprint density at radius 1 is 0.931 bits per heavy atom. The first-order valence-corrected chi connectivity index (χ1v) is 8.67. The predicted molar refractivity (Wildman–Crippen MR) is 106 cm³/mol. The van der Waals surface area contributed by atoms with Crippen molar-refractivity contribution in [3.63, 3.8) is 0 Å². The summed E-state index contributed by atoms with van der Waals surface area (Å²) in [5, 5.41) is 2.67. The molecule has 0 heterocycles. The SMILES string of the molecule is COc1cccc(C(=O)Nc2cccc(C#Cc3ccccc3)c2)c1OC(F)F. The van der Waals surface area contributed by atoms with Gasteiger partial charge in [0.25, 0.3) is 5.91 Å². The van der Waals surface area contributed by atoms with E-state index < -0.39 is 12.5 Å². The van der Waals surface area contributed by atoms with Crippen molar-refractivity contribution in [2.45, 2.75) is 6.61 Å². The molecule has 0 aliphatic rings. The molecule has 3 rings (SSSR count). The van der Waals surface area contributed by atoms with E-state index in [0.29, 0.717) is 11.3 Å². The average Bonchev–Trinajstić information content (AvgIpc) is 2.73. The molecular formula is C23H17F2NO3. The number of benzene rings is 3. The third kappa shape index (κ3) is 5.33. The Morgan fingerprint density at radius 3 is 2.34 bits per heavy atom. The molecule has 146 valence electrons. The molecule has 0 bridgehead atoms. The van der Waals surface area contributed by atoms with Gasteiger partial charge in [-0.15, -0.1) is 0 Å². The lowest BCUT2D eigenvalue weighted by Gasteiger charge is -2.14. The van der Waals surface area contributed by atoms with Crippen LogP contribution in [0.2, 0.25) is 0 Å². The molecule has 0 unspecified atom stereocenters. The minimum absolute atomic E-state index is 0.0421. The lowest BCUT2D eigenvalue weighted by atomic mass is 10.1. The van der Waals surface area contributed by atoms with E-state index in [2.05, 4.69) is 21.9 Å². The molecule has 0 radical (unpaired) electrons. The third-order valence-corrected chi connectivity index (χ3v) is 3.90. The van der Waals surface area contributed by atoms with Gasteiger partial charge in [-0.2, -0.15) is 8.78 Å². The number of methoxy groups -OCH3 is 1. The van der Waals surface area contributed by atoms with Gasteiger partial charge in [-0.25, -0.2) is 0 Å². The number of anilines is 1. The van der Waals surface area contributed by atoms with Crippen LogP contribution in [-0.4, -0.2) is 19.6 Å². The molecule has 29 heavy (non-hydrogen) atoms. The minimum Gasteiger partial charge on any atom is -0.493 e. The monoisotopic (exact) mass is 393 g/mol. The second kappa shape index (κ2) is 9.38. The van der Waals surface area contributed by atoms with Crippen molar-refractivity contribution >= 4 is 11.6 Å². The van der Waals surface area contributed by atoms with Gasteiger partial charge in [0.15, 0.2) is 11.5 Å². The van der Waals surface area contributed by atoms with Gasteiger partial charge in [-0.05, 0) is 42.5 Å². The topological polar surface area (TPSA) is 47.6 Å². The number of rotatable bonds is 5. The van der Waals surface area contributed by atoms with Crippen LogP contribution in [-0.2, 0) is 0 Å². The highest BCUT2D eigenvalue weighted by Crippen LogP contribution is 2.33. The molecule has 0 aliphatic carbocycles. The highest BCUT2D eigenvalue weighted by Gasteiger charge is 2.20. The molecule has 4 nitrogen and oxygen atoms in total. The zero-order valence-corrected chi connectivity index (χ0v) is 15.5. The lowest BCUT2D eigenvalue weighted by Crippen LogP contribution is -2.15. The summed E-state index contributed by atoms with van der Waals surface area (Å²) >= 11 is 0. The fourth-order valence-corrected chi connectivity index (χ4v) is 2.60. The van der Waals surface area contributed by atoms with Crippen LogP contribution in [0.15, 0.2) is 72.8 Å². The van der Waals surface area contributed by atoms with Crippen LogP contribution < -0.4 is 14.8 Å². The molecule has 0 spiro atoms. The Morgan fingerprint density at radius 2 is 1.62 bits per heavy atom. The smallest absolute Gasteiger partial charge is 0.387 e. The molecule has 0 saturated heterocycles. The zero-order chi connectivity index (χ0) is 20.6. The third-order valence-electron chi connectivity index (χ3n) is 3.90. The first kappa shape index (κ1) is 19.9. The van der Waals surface area contributed by atoms with Crippen LogP contribution in [0.3, 0.4) is 0 Å². The molecule has 0 aliphatic heterocycles. The van der Waals surface area contributed by atoms with E-state index in [4.69, 9.17) is 4.74 Å². The number of hydrogen-bond donors (Lipinski definition) is 1. The van der Waals surface area contributed by atoms with Gasteiger partial charge in [-0.3, -0.25) is 4.79 Å². The van der Waals surface area contributed by atoms with Gasteiger partial charge < -0.3 is 14.8 Å². The van der Waals surface area contributed by atoms with Gasteiger partial charge in [0.1, 0.15) is 0 Å². The largest absolute Gasteiger partial charge is 0.493 e. The van der Waals surface area contributed by atoms with Gasteiger partial charge in [0.05, 0.1) is 12.7 Å². The Labute approximate surface area is 167 Å². The Bertz CT molecular complexity index is 1060. The Hall–Kier alpha value is -3.85. The standard InChI is InChI=1S/C23H17F2NO3/c1-28-20-12-6-11-19(21(20)29-23(24)25)22(27)26-18-10-5-9-17(15-18)14-13-16-7-3-2-4-8-16/h2-12,15,23H,1H3,(H,26,27). The van der Waals surface area contributed by atoms with Gasteiger partial charge in [0.2, 0.25) is 0 Å². The molecule has 0 atom stereocenters. The van der Waals surface area contributed by atoms with Gasteiger partial charge in [0, 0.05) is 16.8 Å². The maximum Gasteiger partial charge on any atom is 0.387 e. The van der Waals surface area contributed by atoms with Gasteiger partial charge in [-0.1, -0.05) is 42.2 Å². The molecule has 0 saturated carbocycles. The molecule has 1 N–H and O–H groups in total. The lowest BCUT2D eigenvalue weighted by molar-refractivity contribution is -0.0515. The zero-order valence-electron chi connectivity index (χ0n) is 15.5. The van der Waals surface area contributed by atoms with Crippen LogP contribution in [0.4, 0.5) is 14.5 Å². The molecule has 0 aromatic heterocycles. The van der Waals surface area contributed by atoms with Crippen molar-refractivity contribution < 1.29 is 23.0 Å². The molecule has 3 aromatic rings. The minimum atomic E-state index is -3.09. The summed E-state index contributed by atoms with van der Waals surface area (Å²) in [5.41, 5.74) is 1.97. The van der Waals surface area contributed by atoms with Crippen molar-refractivity contribution in [1.29, 1.82) is 0 Å². The van der Waals surface area contributed by atoms with Crippen LogP contribution >= 0.6 is 0 Å². The second-order valence-corrected chi connectivity index (χ2v) is 5.87. The number of amides is 1.